The number of rotatable bonds is 0. The molecule has 5 nitrogen and oxygen atoms in total. The Balaban J connectivity index is 1.92. The molecule has 2 saturated heterocycles. The highest BCUT2D eigenvalue weighted by Gasteiger charge is 2.41. The molecule has 1 N–H and O–H groups in total. The summed E-state index contributed by atoms with van der Waals surface area (Å²) in [6, 6.07) is 0. The van der Waals surface area contributed by atoms with E-state index >= 15 is 0 Å². The number of hydrogen-bond donors (Lipinski definition) is 1. The maximum absolute atomic E-state index is 8.90. The molecule has 0 aliphatic carbocycles. The van der Waals surface area contributed by atoms with Crippen molar-refractivity contribution in [2.24, 2.45) is 5.41 Å². The molecule has 66 valence electrons. The minimum absolute atomic E-state index is 0.211. The van der Waals surface area contributed by atoms with E-state index in [9.17, 15) is 0 Å². The smallest absolute Gasteiger partial charge is 0.413 e. The first kappa shape index (κ1) is 8.52. The monoisotopic (exact) mass is 172 g/mol. The molecular weight excluding hydrogens is 162 g/mol. The summed E-state index contributed by atoms with van der Waals surface area (Å²) in [7, 11) is -0.748. The van der Waals surface area contributed by atoms with Crippen LogP contribution in [0.1, 0.15) is 0 Å². The van der Waals surface area contributed by atoms with E-state index in [0.717, 1.165) is 0 Å². The average Bonchev–Trinajstić information content (AvgIpc) is 2.13. The van der Waals surface area contributed by atoms with E-state index in [4.69, 9.17) is 23.6 Å². The Morgan fingerprint density at radius 1 is 1.08 bits per heavy atom. The highest BCUT2D eigenvalue weighted by atomic mass is 16.7. The lowest BCUT2D eigenvalue weighted by Gasteiger charge is -2.39. The van der Waals surface area contributed by atoms with Crippen molar-refractivity contribution in [3.05, 3.63) is 0 Å². The topological polar surface area (TPSA) is 57.2 Å². The van der Waals surface area contributed by atoms with Gasteiger partial charge in [-0.3, -0.25) is 0 Å². The van der Waals surface area contributed by atoms with Gasteiger partial charge in [0.25, 0.3) is 0 Å². The molecule has 2 aliphatic rings. The molecule has 0 aromatic heterocycles. The second-order valence-corrected chi connectivity index (χ2v) is 3.24. The summed E-state index contributed by atoms with van der Waals surface area (Å²) >= 11 is 0. The van der Waals surface area contributed by atoms with Crippen LogP contribution in [0, 0.1) is 5.41 Å². The zero-order chi connectivity index (χ0) is 8.44. The van der Waals surface area contributed by atoms with Gasteiger partial charge in [0.05, 0.1) is 5.41 Å². The molecule has 7 heteroatoms. The molecule has 0 radical (unpaired) electrons. The van der Waals surface area contributed by atoms with Crippen LogP contribution in [0.25, 0.3) is 0 Å². The summed E-state index contributed by atoms with van der Waals surface area (Å²) in [4.78, 5) is 0. The Labute approximate surface area is 71.4 Å². The fourth-order valence-corrected chi connectivity index (χ4v) is 1.37. The highest BCUT2D eigenvalue weighted by Crippen LogP contribution is 2.26. The molecule has 12 heavy (non-hydrogen) atoms. The first-order chi connectivity index (χ1) is 5.81. The SMILES string of the molecule is OB1OCC2(COBOC2)CO1. The number of hydrogen-bond acceptors (Lipinski definition) is 5. The van der Waals surface area contributed by atoms with Gasteiger partial charge in [-0.05, 0) is 0 Å². The van der Waals surface area contributed by atoms with Crippen LogP contribution in [-0.4, -0.2) is 46.5 Å². The molecule has 0 atom stereocenters. The van der Waals surface area contributed by atoms with Crippen LogP contribution in [0.5, 0.6) is 0 Å². The quantitative estimate of drug-likeness (QED) is 0.441. The van der Waals surface area contributed by atoms with Crippen molar-refractivity contribution in [3.8, 4) is 0 Å². The van der Waals surface area contributed by atoms with Crippen molar-refractivity contribution in [2.75, 3.05) is 26.4 Å². The molecule has 0 aromatic carbocycles. The van der Waals surface area contributed by atoms with Crippen molar-refractivity contribution in [2.45, 2.75) is 0 Å². The van der Waals surface area contributed by atoms with Gasteiger partial charge in [0.15, 0.2) is 0 Å². The lowest BCUT2D eigenvalue weighted by Crippen LogP contribution is -2.52. The largest absolute Gasteiger partial charge is 0.636 e. The molecule has 0 bridgehead atoms. The van der Waals surface area contributed by atoms with E-state index in [0.29, 0.717) is 34.1 Å². The standard InChI is InChI=1S/C5H10B2O5/c8-7-11-3-5(4-12-7)1-9-6-10-2-5/h6,8H,1-4H2. The van der Waals surface area contributed by atoms with E-state index in [1.54, 1.807) is 0 Å². The Morgan fingerprint density at radius 2 is 1.67 bits per heavy atom. The Hall–Kier alpha value is -0.0701. The predicted molar refractivity (Wildman–Crippen MR) is 41.4 cm³/mol. The van der Waals surface area contributed by atoms with Crippen LogP contribution < -0.4 is 0 Å². The zero-order valence-electron chi connectivity index (χ0n) is 6.69. The molecule has 2 rings (SSSR count). The minimum Gasteiger partial charge on any atom is -0.413 e. The Morgan fingerprint density at radius 3 is 2.25 bits per heavy atom. The van der Waals surface area contributed by atoms with Gasteiger partial charge in [-0.15, -0.1) is 0 Å². The van der Waals surface area contributed by atoms with Crippen molar-refractivity contribution >= 4 is 15.0 Å². The second-order valence-electron chi connectivity index (χ2n) is 3.24. The lowest BCUT2D eigenvalue weighted by molar-refractivity contribution is -0.0910. The third kappa shape index (κ3) is 1.65. The molecular formula is C5H10B2O5. The van der Waals surface area contributed by atoms with Crippen molar-refractivity contribution in [1.29, 1.82) is 0 Å². The van der Waals surface area contributed by atoms with Gasteiger partial charge in [0.1, 0.15) is 0 Å². The minimum atomic E-state index is -1.09. The van der Waals surface area contributed by atoms with Crippen molar-refractivity contribution < 1.29 is 23.6 Å². The van der Waals surface area contributed by atoms with Crippen LogP contribution in [0.2, 0.25) is 0 Å². The molecule has 1 spiro atoms. The van der Waals surface area contributed by atoms with Crippen molar-refractivity contribution in [1.82, 2.24) is 0 Å². The van der Waals surface area contributed by atoms with Crippen LogP contribution in [0.3, 0.4) is 0 Å². The van der Waals surface area contributed by atoms with Crippen LogP contribution in [0.15, 0.2) is 0 Å². The molecule has 0 aromatic rings. The fourth-order valence-electron chi connectivity index (χ4n) is 1.37. The van der Waals surface area contributed by atoms with Crippen LogP contribution >= 0.6 is 0 Å². The lowest BCUT2D eigenvalue weighted by atomic mass is 9.88. The maximum Gasteiger partial charge on any atom is 0.636 e. The summed E-state index contributed by atoms with van der Waals surface area (Å²) in [6.45, 7) is 1.99. The molecule has 0 saturated carbocycles. The second kappa shape index (κ2) is 3.35. The summed E-state index contributed by atoms with van der Waals surface area (Å²) in [5, 5.41) is 8.90. The molecule has 0 unspecified atom stereocenters. The van der Waals surface area contributed by atoms with Crippen molar-refractivity contribution in [3.63, 3.8) is 0 Å². The average molecular weight is 172 g/mol. The predicted octanol–water partition coefficient (Wildman–Crippen LogP) is -1.69. The summed E-state index contributed by atoms with van der Waals surface area (Å²) in [5.74, 6) is 0. The van der Waals surface area contributed by atoms with E-state index in [-0.39, 0.29) is 5.41 Å². The van der Waals surface area contributed by atoms with E-state index < -0.39 is 7.32 Å². The molecule has 2 heterocycles. The van der Waals surface area contributed by atoms with E-state index in [1.165, 1.54) is 0 Å². The van der Waals surface area contributed by atoms with Gasteiger partial charge in [-0.2, -0.15) is 0 Å². The van der Waals surface area contributed by atoms with Gasteiger partial charge in [0.2, 0.25) is 0 Å². The van der Waals surface area contributed by atoms with Gasteiger partial charge < -0.3 is 23.6 Å². The molecule has 2 aliphatic heterocycles. The summed E-state index contributed by atoms with van der Waals surface area (Å²) in [5.41, 5.74) is -0.211. The van der Waals surface area contributed by atoms with Crippen LogP contribution in [-0.2, 0) is 18.6 Å². The fraction of sp³-hybridized carbons (Fsp3) is 1.00. The Bertz CT molecular complexity index is 150. The third-order valence-electron chi connectivity index (χ3n) is 2.05. The highest BCUT2D eigenvalue weighted by molar-refractivity contribution is 6.34. The molecule has 0 amide bonds. The summed E-state index contributed by atoms with van der Waals surface area (Å²) < 4.78 is 20.2. The first-order valence-corrected chi connectivity index (χ1v) is 3.88. The van der Waals surface area contributed by atoms with Gasteiger partial charge >= 0.3 is 15.0 Å². The summed E-state index contributed by atoms with van der Waals surface area (Å²) in [6.07, 6.45) is 0. The normalized spacial score (nSPS) is 28.6. The molecule has 2 fully saturated rings. The maximum atomic E-state index is 8.90. The van der Waals surface area contributed by atoms with Gasteiger partial charge in [-0.25, -0.2) is 0 Å². The zero-order valence-corrected chi connectivity index (χ0v) is 6.69. The van der Waals surface area contributed by atoms with E-state index in [2.05, 4.69) is 0 Å². The van der Waals surface area contributed by atoms with Gasteiger partial charge in [0, 0.05) is 26.4 Å². The van der Waals surface area contributed by atoms with E-state index in [1.807, 2.05) is 0 Å². The Kier molecular flexibility index (Phi) is 2.38. The third-order valence-corrected chi connectivity index (χ3v) is 2.05. The van der Waals surface area contributed by atoms with Crippen LogP contribution in [0.4, 0.5) is 0 Å². The van der Waals surface area contributed by atoms with Gasteiger partial charge in [-0.1, -0.05) is 0 Å². The first-order valence-electron chi connectivity index (χ1n) is 3.88.